The zero-order valence-electron chi connectivity index (χ0n) is 16.3. The number of nitrogens with one attached hydrogen (secondary N) is 1. The van der Waals surface area contributed by atoms with Gasteiger partial charge in [0.05, 0.1) is 23.5 Å². The van der Waals surface area contributed by atoms with E-state index in [0.717, 1.165) is 17.7 Å². The predicted octanol–water partition coefficient (Wildman–Crippen LogP) is 5.44. The van der Waals surface area contributed by atoms with Gasteiger partial charge in [0.2, 0.25) is 0 Å². The first kappa shape index (κ1) is 22.1. The molecule has 0 aliphatic rings. The monoisotopic (exact) mass is 407 g/mol. The Morgan fingerprint density at radius 2 is 1.97 bits per heavy atom. The predicted molar refractivity (Wildman–Crippen MR) is 109 cm³/mol. The Morgan fingerprint density at radius 3 is 2.55 bits per heavy atom. The van der Waals surface area contributed by atoms with Crippen LogP contribution in [0.2, 0.25) is 0 Å². The Balaban J connectivity index is 2.27. The molecule has 5 nitrogen and oxygen atoms in total. The van der Waals surface area contributed by atoms with Crippen LogP contribution >= 0.6 is 0 Å². The van der Waals surface area contributed by atoms with Crippen molar-refractivity contribution < 1.29 is 22.7 Å². The molecule has 0 aromatic heterocycles. The van der Waals surface area contributed by atoms with Gasteiger partial charge in [-0.2, -0.15) is 13.2 Å². The second kappa shape index (κ2) is 9.36. The molecule has 0 radical (unpaired) electrons. The third-order valence-corrected chi connectivity index (χ3v) is 4.00. The fourth-order valence-electron chi connectivity index (χ4n) is 2.77. The molecule has 29 heavy (non-hydrogen) atoms. The van der Waals surface area contributed by atoms with Crippen molar-refractivity contribution >= 4 is 23.2 Å². The van der Waals surface area contributed by atoms with Crippen molar-refractivity contribution in [2.24, 2.45) is 0 Å². The van der Waals surface area contributed by atoms with Gasteiger partial charge in [-0.05, 0) is 49.7 Å². The summed E-state index contributed by atoms with van der Waals surface area (Å²) in [6.07, 6.45) is -5.02. The molecule has 0 atom stereocenters. The Kier molecular flexibility index (Phi) is 7.14. The van der Waals surface area contributed by atoms with Crippen LogP contribution in [0.3, 0.4) is 0 Å². The first-order valence-electron chi connectivity index (χ1n) is 8.99. The third-order valence-electron chi connectivity index (χ3n) is 4.00. The maximum atomic E-state index is 13.0. The minimum Gasteiger partial charge on any atom is -0.450 e. The zero-order valence-corrected chi connectivity index (χ0v) is 16.3. The maximum Gasteiger partial charge on any atom is 0.416 e. The lowest BCUT2D eigenvalue weighted by Crippen LogP contribution is -2.25. The molecule has 0 spiro atoms. The van der Waals surface area contributed by atoms with Crippen molar-refractivity contribution in [2.75, 3.05) is 29.1 Å². The number of hydrogen-bond acceptors (Lipinski definition) is 4. The van der Waals surface area contributed by atoms with E-state index in [2.05, 4.69) is 11.9 Å². The minimum atomic E-state index is -4.40. The average Bonchev–Trinajstić information content (AvgIpc) is 2.62. The molecule has 1 amide bonds. The molecule has 2 aromatic carbocycles. The molecule has 0 fully saturated rings. The number of nitrogen functional groups attached to an aromatic ring is 1. The molecular formula is C21H24F3N3O2. The first-order valence-corrected chi connectivity index (χ1v) is 8.99. The number of ether oxygens (including phenoxy) is 1. The molecule has 0 aliphatic carbocycles. The lowest BCUT2D eigenvalue weighted by atomic mass is 10.1. The van der Waals surface area contributed by atoms with E-state index in [9.17, 15) is 18.0 Å². The molecule has 3 N–H and O–H groups in total. The van der Waals surface area contributed by atoms with Crippen LogP contribution in [-0.4, -0.2) is 19.2 Å². The van der Waals surface area contributed by atoms with Crippen molar-refractivity contribution in [3.8, 4) is 0 Å². The van der Waals surface area contributed by atoms with Gasteiger partial charge >= 0.3 is 12.3 Å². The molecule has 2 rings (SSSR count). The highest BCUT2D eigenvalue weighted by Crippen LogP contribution is 2.31. The van der Waals surface area contributed by atoms with Gasteiger partial charge in [-0.25, -0.2) is 4.79 Å². The van der Waals surface area contributed by atoms with Gasteiger partial charge in [0, 0.05) is 18.8 Å². The van der Waals surface area contributed by atoms with Crippen LogP contribution < -0.4 is 16.0 Å². The first-order chi connectivity index (χ1) is 13.6. The van der Waals surface area contributed by atoms with E-state index >= 15 is 0 Å². The lowest BCUT2D eigenvalue weighted by molar-refractivity contribution is -0.137. The number of amides is 1. The van der Waals surface area contributed by atoms with Gasteiger partial charge in [-0.1, -0.05) is 24.3 Å². The number of nitrogens with zero attached hydrogens (tertiary/aromatic N) is 1. The second-order valence-electron chi connectivity index (χ2n) is 6.63. The number of carbonyl (C=O) groups excluding carboxylic acids is 1. The summed E-state index contributed by atoms with van der Waals surface area (Å²) in [5, 5.41) is 2.54. The van der Waals surface area contributed by atoms with Crippen LogP contribution in [0.15, 0.2) is 54.6 Å². The Labute approximate surface area is 168 Å². The van der Waals surface area contributed by atoms with E-state index in [1.54, 1.807) is 31.2 Å². The van der Waals surface area contributed by atoms with E-state index in [4.69, 9.17) is 10.5 Å². The zero-order chi connectivity index (χ0) is 21.6. The summed E-state index contributed by atoms with van der Waals surface area (Å²) >= 11 is 0. The van der Waals surface area contributed by atoms with Crippen molar-refractivity contribution in [1.29, 1.82) is 0 Å². The number of benzene rings is 2. The summed E-state index contributed by atoms with van der Waals surface area (Å²) in [5.74, 6) is 0. The number of anilines is 3. The minimum absolute atomic E-state index is 0.229. The number of alkyl halides is 3. The highest BCUT2D eigenvalue weighted by Gasteiger charge is 2.30. The standard InChI is InChI=1S/C21H24F3N3O2/c1-4-29-20(28)26-19-9-8-17(11-18(19)25)27(12-14(2)3)13-15-6-5-7-16(10-15)21(22,23)24/h5-11H,2,4,12-13,25H2,1,3H3,(H,26,28). The van der Waals surface area contributed by atoms with Crippen LogP contribution in [0.4, 0.5) is 35.0 Å². The molecule has 0 heterocycles. The summed E-state index contributed by atoms with van der Waals surface area (Å²) in [7, 11) is 0. The molecule has 0 saturated heterocycles. The fraction of sp³-hybridized carbons (Fsp3) is 0.286. The SMILES string of the molecule is C=C(C)CN(Cc1cccc(C(F)(F)F)c1)c1ccc(NC(=O)OCC)c(N)c1. The molecule has 2 aromatic rings. The van der Waals surface area contributed by atoms with Gasteiger partial charge in [-0.15, -0.1) is 0 Å². The summed E-state index contributed by atoms with van der Waals surface area (Å²) in [5.41, 5.74) is 8.08. The largest absolute Gasteiger partial charge is 0.450 e. The lowest BCUT2D eigenvalue weighted by Gasteiger charge is -2.26. The number of nitrogens with two attached hydrogens (primary N) is 1. The van der Waals surface area contributed by atoms with Crippen molar-refractivity contribution in [1.82, 2.24) is 0 Å². The number of hydrogen-bond donors (Lipinski definition) is 2. The van der Waals surface area contributed by atoms with Gasteiger partial charge in [0.25, 0.3) is 0 Å². The van der Waals surface area contributed by atoms with E-state index in [1.165, 1.54) is 6.07 Å². The summed E-state index contributed by atoms with van der Waals surface area (Å²) in [6.45, 7) is 8.31. The highest BCUT2D eigenvalue weighted by molar-refractivity contribution is 5.89. The van der Waals surface area contributed by atoms with E-state index < -0.39 is 17.8 Å². The van der Waals surface area contributed by atoms with Gasteiger partial charge in [-0.3, -0.25) is 5.32 Å². The fourth-order valence-corrected chi connectivity index (χ4v) is 2.77. The number of halogens is 3. The Hall–Kier alpha value is -3.16. The van der Waals surface area contributed by atoms with Gasteiger partial charge < -0.3 is 15.4 Å². The molecule has 0 bridgehead atoms. The van der Waals surface area contributed by atoms with Crippen LogP contribution in [0.25, 0.3) is 0 Å². The molecular weight excluding hydrogens is 383 g/mol. The van der Waals surface area contributed by atoms with Crippen LogP contribution in [0.1, 0.15) is 25.0 Å². The molecule has 156 valence electrons. The Bertz CT molecular complexity index is 882. The van der Waals surface area contributed by atoms with Crippen LogP contribution in [0, 0.1) is 0 Å². The van der Waals surface area contributed by atoms with Crippen molar-refractivity contribution in [3.63, 3.8) is 0 Å². The second-order valence-corrected chi connectivity index (χ2v) is 6.63. The smallest absolute Gasteiger partial charge is 0.416 e. The Morgan fingerprint density at radius 1 is 1.24 bits per heavy atom. The number of carbonyl (C=O) groups is 1. The summed E-state index contributed by atoms with van der Waals surface area (Å²) < 4.78 is 43.8. The topological polar surface area (TPSA) is 67.6 Å². The van der Waals surface area contributed by atoms with Crippen LogP contribution in [0.5, 0.6) is 0 Å². The van der Waals surface area contributed by atoms with Crippen molar-refractivity contribution in [3.05, 3.63) is 65.7 Å². The highest BCUT2D eigenvalue weighted by atomic mass is 19.4. The van der Waals surface area contributed by atoms with E-state index in [-0.39, 0.29) is 13.2 Å². The summed E-state index contributed by atoms with van der Waals surface area (Å²) in [4.78, 5) is 13.4. The molecule has 0 aliphatic heterocycles. The normalized spacial score (nSPS) is 11.1. The van der Waals surface area contributed by atoms with Crippen molar-refractivity contribution in [2.45, 2.75) is 26.6 Å². The van der Waals surface area contributed by atoms with Gasteiger partial charge in [0.15, 0.2) is 0 Å². The van der Waals surface area contributed by atoms with Crippen LogP contribution in [-0.2, 0) is 17.5 Å². The molecule has 0 unspecified atom stereocenters. The maximum absolute atomic E-state index is 13.0. The molecule has 0 saturated carbocycles. The number of rotatable bonds is 7. The van der Waals surface area contributed by atoms with E-state index in [1.807, 2.05) is 11.8 Å². The molecule has 8 heteroatoms. The van der Waals surface area contributed by atoms with E-state index in [0.29, 0.717) is 29.2 Å². The average molecular weight is 407 g/mol. The third kappa shape index (κ3) is 6.44. The van der Waals surface area contributed by atoms with Gasteiger partial charge in [0.1, 0.15) is 0 Å². The quantitative estimate of drug-likeness (QED) is 0.474. The summed E-state index contributed by atoms with van der Waals surface area (Å²) in [6, 6.07) is 10.2.